The molecule has 0 aromatic carbocycles. The molecule has 0 spiro atoms. The fourth-order valence-corrected chi connectivity index (χ4v) is 3.80. The smallest absolute Gasteiger partial charge is 0.222 e. The van der Waals surface area contributed by atoms with E-state index < -0.39 is 0 Å². The summed E-state index contributed by atoms with van der Waals surface area (Å²) in [4.78, 5) is 21.9. The minimum Gasteiger partial charge on any atom is -0.354 e. The SMILES string of the molecule is CN=C(NCCNC(=O)C(C)C)N1CCN(Cc2ccc(Cl)s2)CC1.I. The first-order valence-electron chi connectivity index (χ1n) is 8.69. The van der Waals surface area contributed by atoms with Crippen molar-refractivity contribution in [1.29, 1.82) is 0 Å². The second kappa shape index (κ2) is 12.0. The predicted molar refractivity (Wildman–Crippen MR) is 121 cm³/mol. The molecule has 1 aliphatic rings. The molecule has 1 saturated heterocycles. The van der Waals surface area contributed by atoms with Crippen LogP contribution in [0.3, 0.4) is 0 Å². The molecule has 0 bridgehead atoms. The highest BCUT2D eigenvalue weighted by Crippen LogP contribution is 2.23. The van der Waals surface area contributed by atoms with E-state index in [1.165, 1.54) is 4.88 Å². The second-order valence-electron chi connectivity index (χ2n) is 6.39. The first-order valence-corrected chi connectivity index (χ1v) is 9.89. The number of hydrogen-bond acceptors (Lipinski definition) is 4. The minimum atomic E-state index is 0. The zero-order chi connectivity index (χ0) is 18.2. The molecule has 2 heterocycles. The Hall–Kier alpha value is -0.580. The molecular weight excluding hydrogens is 485 g/mol. The predicted octanol–water partition coefficient (Wildman–Crippen LogP) is 2.48. The number of thiophene rings is 1. The van der Waals surface area contributed by atoms with Gasteiger partial charge in [0, 0.05) is 63.7 Å². The van der Waals surface area contributed by atoms with Crippen molar-refractivity contribution in [3.8, 4) is 0 Å². The van der Waals surface area contributed by atoms with Gasteiger partial charge in [0.15, 0.2) is 5.96 Å². The molecule has 0 radical (unpaired) electrons. The molecular formula is C17H29ClIN5OS. The number of halogens is 2. The van der Waals surface area contributed by atoms with Crippen molar-refractivity contribution in [3.05, 3.63) is 21.3 Å². The Kier molecular flexibility index (Phi) is 10.8. The van der Waals surface area contributed by atoms with E-state index in [9.17, 15) is 4.79 Å². The van der Waals surface area contributed by atoms with E-state index in [0.29, 0.717) is 13.1 Å². The minimum absolute atomic E-state index is 0. The molecule has 1 fully saturated rings. The lowest BCUT2D eigenvalue weighted by Crippen LogP contribution is -2.53. The summed E-state index contributed by atoms with van der Waals surface area (Å²) < 4.78 is 0.850. The average Bonchev–Trinajstić information content (AvgIpc) is 3.00. The van der Waals surface area contributed by atoms with Crippen LogP contribution in [0, 0.1) is 5.92 Å². The summed E-state index contributed by atoms with van der Waals surface area (Å²) in [7, 11) is 1.80. The van der Waals surface area contributed by atoms with Gasteiger partial charge in [-0.05, 0) is 12.1 Å². The van der Waals surface area contributed by atoms with Crippen molar-refractivity contribution in [3.63, 3.8) is 0 Å². The van der Waals surface area contributed by atoms with E-state index in [1.54, 1.807) is 18.4 Å². The van der Waals surface area contributed by atoms with Gasteiger partial charge in [0.25, 0.3) is 0 Å². The standard InChI is InChI=1S/C17H28ClN5OS.HI/c1-13(2)16(24)20-6-7-21-17(19-3)23-10-8-22(9-11-23)12-14-4-5-15(18)25-14;/h4-5,13H,6-12H2,1-3H3,(H,19,21)(H,20,24);1H. The summed E-state index contributed by atoms with van der Waals surface area (Å²) in [6.07, 6.45) is 0. The number of guanidine groups is 1. The summed E-state index contributed by atoms with van der Waals surface area (Å²) in [5.41, 5.74) is 0. The highest BCUT2D eigenvalue weighted by atomic mass is 127. The average molecular weight is 514 g/mol. The van der Waals surface area contributed by atoms with Crippen molar-refractivity contribution in [1.82, 2.24) is 20.4 Å². The molecule has 2 N–H and O–H groups in total. The van der Waals surface area contributed by atoms with Gasteiger partial charge in [0.05, 0.1) is 4.34 Å². The topological polar surface area (TPSA) is 60.0 Å². The van der Waals surface area contributed by atoms with Crippen LogP contribution in [0.15, 0.2) is 17.1 Å². The van der Waals surface area contributed by atoms with E-state index in [0.717, 1.165) is 43.0 Å². The van der Waals surface area contributed by atoms with Crippen LogP contribution in [-0.4, -0.2) is 68.0 Å². The van der Waals surface area contributed by atoms with Crippen molar-refractivity contribution in [2.45, 2.75) is 20.4 Å². The molecule has 0 unspecified atom stereocenters. The van der Waals surface area contributed by atoms with E-state index in [2.05, 4.69) is 31.5 Å². The quantitative estimate of drug-likeness (QED) is 0.266. The number of rotatable bonds is 6. The zero-order valence-corrected chi connectivity index (χ0v) is 19.5. The van der Waals surface area contributed by atoms with Crippen LogP contribution in [0.25, 0.3) is 0 Å². The zero-order valence-electron chi connectivity index (χ0n) is 15.6. The number of piperazine rings is 1. The summed E-state index contributed by atoms with van der Waals surface area (Å²) in [5, 5.41) is 6.24. The number of carbonyl (C=O) groups is 1. The number of nitrogens with one attached hydrogen (secondary N) is 2. The Balaban J connectivity index is 0.00000338. The van der Waals surface area contributed by atoms with Crippen LogP contribution in [-0.2, 0) is 11.3 Å². The van der Waals surface area contributed by atoms with Crippen LogP contribution in [0.1, 0.15) is 18.7 Å². The van der Waals surface area contributed by atoms with Crippen molar-refractivity contribution in [2.24, 2.45) is 10.9 Å². The highest BCUT2D eigenvalue weighted by Gasteiger charge is 2.20. The Morgan fingerprint density at radius 2 is 1.88 bits per heavy atom. The summed E-state index contributed by atoms with van der Waals surface area (Å²) in [6, 6.07) is 4.06. The molecule has 2 rings (SSSR count). The molecule has 6 nitrogen and oxygen atoms in total. The summed E-state index contributed by atoms with van der Waals surface area (Å²) in [6.45, 7) is 9.91. The van der Waals surface area contributed by atoms with Gasteiger partial charge in [-0.25, -0.2) is 0 Å². The third-order valence-corrected chi connectivity index (χ3v) is 5.34. The third-order valence-electron chi connectivity index (χ3n) is 4.12. The number of nitrogens with zero attached hydrogens (tertiary/aromatic N) is 3. The van der Waals surface area contributed by atoms with E-state index in [-0.39, 0.29) is 35.8 Å². The van der Waals surface area contributed by atoms with Gasteiger partial charge in [-0.3, -0.25) is 14.7 Å². The van der Waals surface area contributed by atoms with Crippen LogP contribution < -0.4 is 10.6 Å². The van der Waals surface area contributed by atoms with Crippen LogP contribution in [0.5, 0.6) is 0 Å². The molecule has 26 heavy (non-hydrogen) atoms. The van der Waals surface area contributed by atoms with Crippen molar-refractivity contribution < 1.29 is 4.79 Å². The van der Waals surface area contributed by atoms with Gasteiger partial charge in [-0.2, -0.15) is 0 Å². The first-order chi connectivity index (χ1) is 12.0. The van der Waals surface area contributed by atoms with Gasteiger partial charge < -0.3 is 15.5 Å². The lowest BCUT2D eigenvalue weighted by Gasteiger charge is -2.36. The Labute approximate surface area is 182 Å². The summed E-state index contributed by atoms with van der Waals surface area (Å²) >= 11 is 7.65. The third kappa shape index (κ3) is 7.58. The van der Waals surface area contributed by atoms with E-state index >= 15 is 0 Å². The largest absolute Gasteiger partial charge is 0.354 e. The highest BCUT2D eigenvalue weighted by molar-refractivity contribution is 14.0. The number of carbonyl (C=O) groups excluding carboxylic acids is 1. The maximum absolute atomic E-state index is 11.6. The molecule has 1 aliphatic heterocycles. The lowest BCUT2D eigenvalue weighted by molar-refractivity contribution is -0.123. The van der Waals surface area contributed by atoms with Crippen LogP contribution >= 0.6 is 46.9 Å². The fraction of sp³-hybridized carbons (Fsp3) is 0.647. The number of hydrogen-bond donors (Lipinski definition) is 2. The van der Waals surface area contributed by atoms with E-state index in [1.807, 2.05) is 19.9 Å². The van der Waals surface area contributed by atoms with Crippen LogP contribution in [0.4, 0.5) is 0 Å². The first kappa shape index (κ1) is 23.5. The molecule has 9 heteroatoms. The maximum atomic E-state index is 11.6. The number of aliphatic imine (C=N–C) groups is 1. The summed E-state index contributed by atoms with van der Waals surface area (Å²) in [5.74, 6) is 1.00. The van der Waals surface area contributed by atoms with Gasteiger partial charge >= 0.3 is 0 Å². The van der Waals surface area contributed by atoms with Crippen LogP contribution in [0.2, 0.25) is 4.34 Å². The molecule has 0 aliphatic carbocycles. The Bertz CT molecular complexity index is 587. The Morgan fingerprint density at radius 1 is 1.23 bits per heavy atom. The van der Waals surface area contributed by atoms with E-state index in [4.69, 9.17) is 11.6 Å². The van der Waals surface area contributed by atoms with Gasteiger partial charge in [-0.15, -0.1) is 35.3 Å². The maximum Gasteiger partial charge on any atom is 0.222 e. The van der Waals surface area contributed by atoms with Gasteiger partial charge in [0.1, 0.15) is 0 Å². The lowest BCUT2D eigenvalue weighted by atomic mass is 10.2. The molecule has 148 valence electrons. The molecule has 1 aromatic heterocycles. The molecule has 1 aromatic rings. The number of amides is 1. The Morgan fingerprint density at radius 3 is 2.42 bits per heavy atom. The normalized spacial score (nSPS) is 15.7. The molecule has 1 amide bonds. The fourth-order valence-electron chi connectivity index (χ4n) is 2.67. The molecule has 0 atom stereocenters. The van der Waals surface area contributed by atoms with Gasteiger partial charge in [-0.1, -0.05) is 25.4 Å². The monoisotopic (exact) mass is 513 g/mol. The van der Waals surface area contributed by atoms with Gasteiger partial charge in [0.2, 0.25) is 5.91 Å². The van der Waals surface area contributed by atoms with Crippen molar-refractivity contribution >= 4 is 58.8 Å². The molecule has 0 saturated carbocycles. The second-order valence-corrected chi connectivity index (χ2v) is 8.19. The van der Waals surface area contributed by atoms with Crippen molar-refractivity contribution in [2.75, 3.05) is 46.3 Å².